The SMILES string of the molecule is Cn1ccc(=O)n(C2CCCC3C(C[C@H](NC(=O)C4C(F)CCC(C#N)C4F)C(=O)O)CCCC32)c1=O. The van der Waals surface area contributed by atoms with E-state index in [1.165, 1.54) is 21.4 Å². The van der Waals surface area contributed by atoms with Crippen LogP contribution in [0.5, 0.6) is 0 Å². The van der Waals surface area contributed by atoms with Gasteiger partial charge in [-0.1, -0.05) is 19.3 Å². The van der Waals surface area contributed by atoms with Crippen molar-refractivity contribution in [2.45, 2.75) is 82.2 Å². The van der Waals surface area contributed by atoms with Gasteiger partial charge in [0.25, 0.3) is 5.56 Å². The molecule has 4 rings (SSSR count). The molecule has 9 nitrogen and oxygen atoms in total. The van der Waals surface area contributed by atoms with E-state index in [1.807, 2.05) is 0 Å². The number of rotatable bonds is 6. The van der Waals surface area contributed by atoms with Gasteiger partial charge in [-0.05, 0) is 56.3 Å². The average molecular weight is 521 g/mol. The minimum atomic E-state index is -1.99. The number of amides is 1. The highest BCUT2D eigenvalue weighted by molar-refractivity contribution is 5.85. The number of aliphatic carboxylic acids is 1. The number of hydrogen-bond donors (Lipinski definition) is 2. The molecule has 8 unspecified atom stereocenters. The Labute approximate surface area is 213 Å². The van der Waals surface area contributed by atoms with Crippen molar-refractivity contribution in [3.8, 4) is 6.07 Å². The minimum absolute atomic E-state index is 0.0187. The van der Waals surface area contributed by atoms with Crippen LogP contribution in [-0.4, -0.2) is 44.5 Å². The summed E-state index contributed by atoms with van der Waals surface area (Å²) < 4.78 is 31.9. The molecule has 0 aromatic carbocycles. The van der Waals surface area contributed by atoms with Crippen molar-refractivity contribution in [3.63, 3.8) is 0 Å². The number of nitrogens with zero attached hydrogens (tertiary/aromatic N) is 3. The normalized spacial score (nSPS) is 34.5. The molecule has 3 saturated carbocycles. The van der Waals surface area contributed by atoms with Crippen LogP contribution in [0.3, 0.4) is 0 Å². The van der Waals surface area contributed by atoms with Crippen molar-refractivity contribution in [3.05, 3.63) is 33.1 Å². The van der Waals surface area contributed by atoms with Crippen molar-refractivity contribution < 1.29 is 23.5 Å². The second-order valence-corrected chi connectivity index (χ2v) is 10.9. The Morgan fingerprint density at radius 2 is 1.84 bits per heavy atom. The van der Waals surface area contributed by atoms with Gasteiger partial charge in [-0.15, -0.1) is 0 Å². The van der Waals surface area contributed by atoms with Crippen LogP contribution in [0.1, 0.15) is 63.8 Å². The molecule has 1 aromatic heterocycles. The zero-order valence-corrected chi connectivity index (χ0v) is 20.9. The van der Waals surface area contributed by atoms with E-state index in [1.54, 1.807) is 13.1 Å². The Bertz CT molecular complexity index is 1180. The van der Waals surface area contributed by atoms with Gasteiger partial charge in [0.05, 0.1) is 12.0 Å². The Hall–Kier alpha value is -3.03. The Balaban J connectivity index is 1.51. The summed E-state index contributed by atoms with van der Waals surface area (Å²) in [5.74, 6) is -5.12. The van der Waals surface area contributed by atoms with Gasteiger partial charge in [-0.25, -0.2) is 18.4 Å². The molecule has 2 N–H and O–H groups in total. The van der Waals surface area contributed by atoms with Crippen LogP contribution in [0.15, 0.2) is 21.9 Å². The molecule has 11 heteroatoms. The van der Waals surface area contributed by atoms with Gasteiger partial charge in [0.2, 0.25) is 5.91 Å². The maximum absolute atomic E-state index is 14.7. The van der Waals surface area contributed by atoms with Crippen LogP contribution < -0.4 is 16.6 Å². The highest BCUT2D eigenvalue weighted by atomic mass is 19.1. The molecule has 3 fully saturated rings. The average Bonchev–Trinajstić information content (AvgIpc) is 2.86. The van der Waals surface area contributed by atoms with Gasteiger partial charge in [-0.2, -0.15) is 5.26 Å². The molecule has 3 aliphatic carbocycles. The van der Waals surface area contributed by atoms with Gasteiger partial charge in [0.1, 0.15) is 24.3 Å². The number of halogens is 2. The van der Waals surface area contributed by atoms with Crippen LogP contribution in [0.25, 0.3) is 0 Å². The van der Waals surface area contributed by atoms with E-state index in [9.17, 15) is 33.1 Å². The second kappa shape index (κ2) is 11.2. The maximum atomic E-state index is 14.7. The summed E-state index contributed by atoms with van der Waals surface area (Å²) in [5.41, 5.74) is -0.725. The predicted molar refractivity (Wildman–Crippen MR) is 129 cm³/mol. The summed E-state index contributed by atoms with van der Waals surface area (Å²) in [5, 5.41) is 21.3. The van der Waals surface area contributed by atoms with Crippen LogP contribution >= 0.6 is 0 Å². The third-order valence-electron chi connectivity index (χ3n) is 8.81. The third kappa shape index (κ3) is 5.34. The topological polar surface area (TPSA) is 134 Å². The molecule has 0 saturated heterocycles. The monoisotopic (exact) mass is 520 g/mol. The number of carbonyl (C=O) groups excluding carboxylic acids is 1. The zero-order chi connectivity index (χ0) is 26.9. The number of hydrogen-bond acceptors (Lipinski definition) is 5. The maximum Gasteiger partial charge on any atom is 0.330 e. The first-order chi connectivity index (χ1) is 17.6. The highest BCUT2D eigenvalue weighted by Gasteiger charge is 2.47. The number of aromatic nitrogens is 2. The third-order valence-corrected chi connectivity index (χ3v) is 8.81. The molecular weight excluding hydrogens is 486 g/mol. The number of nitriles is 1. The largest absolute Gasteiger partial charge is 0.480 e. The lowest BCUT2D eigenvalue weighted by molar-refractivity contribution is -0.145. The van der Waals surface area contributed by atoms with Gasteiger partial charge >= 0.3 is 11.7 Å². The lowest BCUT2D eigenvalue weighted by Gasteiger charge is -2.46. The standard InChI is InChI=1S/C26H34F2N4O5/c1-31-11-10-21(33)32(26(31)37)20-7-3-5-16-14(4-2-6-17(16)20)12-19(25(35)36)30-24(34)22-18(27)9-8-15(13-29)23(22)28/h10-11,14-20,22-23H,2-9,12H2,1H3,(H,30,34)(H,35,36)/t14?,15?,16?,17?,18?,19-,20?,22?,23?/m0/s1. The summed E-state index contributed by atoms with van der Waals surface area (Å²) in [6.07, 6.45) is 2.27. The molecule has 0 radical (unpaired) electrons. The van der Waals surface area contributed by atoms with Crippen molar-refractivity contribution >= 4 is 11.9 Å². The zero-order valence-electron chi connectivity index (χ0n) is 20.9. The molecule has 0 aliphatic heterocycles. The molecule has 0 spiro atoms. The first kappa shape index (κ1) is 27.0. The fourth-order valence-electron chi connectivity index (χ4n) is 6.96. The van der Waals surface area contributed by atoms with E-state index in [0.717, 1.165) is 32.1 Å². The molecule has 37 heavy (non-hydrogen) atoms. The molecule has 1 amide bonds. The van der Waals surface area contributed by atoms with Crippen molar-refractivity contribution in [2.75, 3.05) is 0 Å². The van der Waals surface area contributed by atoms with Crippen LogP contribution in [0.4, 0.5) is 8.78 Å². The molecule has 1 heterocycles. The first-order valence-electron chi connectivity index (χ1n) is 13.1. The number of carbonyl (C=O) groups is 2. The van der Waals surface area contributed by atoms with E-state index in [4.69, 9.17) is 5.26 Å². The van der Waals surface area contributed by atoms with E-state index in [0.29, 0.717) is 6.42 Å². The van der Waals surface area contributed by atoms with E-state index in [-0.39, 0.29) is 54.3 Å². The molecular formula is C26H34F2N4O5. The Kier molecular flexibility index (Phi) is 8.14. The van der Waals surface area contributed by atoms with Gasteiger partial charge < -0.3 is 15.0 Å². The van der Waals surface area contributed by atoms with Crippen LogP contribution in [0.2, 0.25) is 0 Å². The van der Waals surface area contributed by atoms with Gasteiger partial charge in [0.15, 0.2) is 0 Å². The lowest BCUT2D eigenvalue weighted by atomic mass is 9.62. The predicted octanol–water partition coefficient (Wildman–Crippen LogP) is 2.49. The summed E-state index contributed by atoms with van der Waals surface area (Å²) in [6, 6.07) is 1.54. The number of alkyl halides is 2. The summed E-state index contributed by atoms with van der Waals surface area (Å²) in [7, 11) is 1.59. The molecule has 9 atom stereocenters. The fourth-order valence-corrected chi connectivity index (χ4v) is 6.96. The summed E-state index contributed by atoms with van der Waals surface area (Å²) in [6.45, 7) is 0. The molecule has 202 valence electrons. The summed E-state index contributed by atoms with van der Waals surface area (Å²) in [4.78, 5) is 50.4. The number of carboxylic acid groups (broad SMARTS) is 1. The van der Waals surface area contributed by atoms with E-state index >= 15 is 0 Å². The number of nitrogens with one attached hydrogen (secondary N) is 1. The second-order valence-electron chi connectivity index (χ2n) is 10.9. The lowest BCUT2D eigenvalue weighted by Crippen LogP contribution is -2.52. The smallest absolute Gasteiger partial charge is 0.330 e. The number of fused-ring (bicyclic) bond motifs is 1. The van der Waals surface area contributed by atoms with Crippen LogP contribution in [0, 0.1) is 40.9 Å². The molecule has 0 bridgehead atoms. The van der Waals surface area contributed by atoms with Crippen molar-refractivity contribution in [1.29, 1.82) is 5.26 Å². The van der Waals surface area contributed by atoms with E-state index in [2.05, 4.69) is 5.32 Å². The quantitative estimate of drug-likeness (QED) is 0.592. The summed E-state index contributed by atoms with van der Waals surface area (Å²) >= 11 is 0. The first-order valence-corrected chi connectivity index (χ1v) is 13.1. The number of aryl methyl sites for hydroxylation is 1. The Morgan fingerprint density at radius 3 is 2.54 bits per heavy atom. The molecule has 3 aliphatic rings. The van der Waals surface area contributed by atoms with Gasteiger partial charge in [0, 0.05) is 25.4 Å². The Morgan fingerprint density at radius 1 is 1.14 bits per heavy atom. The van der Waals surface area contributed by atoms with E-state index < -0.39 is 42.1 Å². The molecule has 1 aromatic rings. The number of carboxylic acids is 1. The van der Waals surface area contributed by atoms with Gasteiger partial charge in [-0.3, -0.25) is 14.2 Å². The fraction of sp³-hybridized carbons (Fsp3) is 0.731. The van der Waals surface area contributed by atoms with Crippen molar-refractivity contribution in [1.82, 2.24) is 14.5 Å². The van der Waals surface area contributed by atoms with Crippen molar-refractivity contribution in [2.24, 2.45) is 36.6 Å². The minimum Gasteiger partial charge on any atom is -0.480 e. The van der Waals surface area contributed by atoms with Crippen LogP contribution in [-0.2, 0) is 16.6 Å². The highest BCUT2D eigenvalue weighted by Crippen LogP contribution is 2.49.